The molecule has 1 aliphatic heterocycles. The highest BCUT2D eigenvalue weighted by Gasteiger charge is 2.61. The second-order valence-corrected chi connectivity index (χ2v) is 9.93. The first-order valence-corrected chi connectivity index (χ1v) is 12.9. The number of rotatable bonds is 9. The summed E-state index contributed by atoms with van der Waals surface area (Å²) in [4.78, 5) is 40.4. The number of hydrogen-bond donors (Lipinski definition) is 1. The first-order chi connectivity index (χ1) is 19.5. The average Bonchev–Trinajstić information content (AvgIpc) is 3.29. The standard InChI is InChI=1S/C29H31ClO11/c1-13-8-16(31)22(15(11-21(32)39-6)14-9-19(37-4)25(40-7)20(10-14)38-5)27(33)29(13)28(34)23-17(35-2)12-18(36-3)24(30)26(23)41-29/h9-10,12-13,15,33H,8,11H2,1-7H3/t13-,15+,29+/m1/s1. The molecule has 0 radical (unpaired) electrons. The summed E-state index contributed by atoms with van der Waals surface area (Å²) in [5.74, 6) is -3.26. The SMILES string of the molecule is COC(=O)C[C@H](C1=C(O)[C@@]2(Oc3c(Cl)c(OC)cc(OC)c3C2=O)[C@H](C)CC1=O)c1cc(OC)c(OC)c(OC)c1. The number of fused-ring (bicyclic) bond motifs is 1. The van der Waals surface area contributed by atoms with Crippen LogP contribution in [0.4, 0.5) is 0 Å². The summed E-state index contributed by atoms with van der Waals surface area (Å²) >= 11 is 6.53. The monoisotopic (exact) mass is 590 g/mol. The third-order valence-corrected chi connectivity index (χ3v) is 7.91. The van der Waals surface area contributed by atoms with E-state index >= 15 is 0 Å². The lowest BCUT2D eigenvalue weighted by atomic mass is 9.69. The highest BCUT2D eigenvalue weighted by atomic mass is 35.5. The number of ether oxygens (including phenoxy) is 7. The Balaban J connectivity index is 2.00. The third kappa shape index (κ3) is 4.57. The normalized spacial score (nSPS) is 20.3. The predicted molar refractivity (Wildman–Crippen MR) is 146 cm³/mol. The molecule has 220 valence electrons. The lowest BCUT2D eigenvalue weighted by molar-refractivity contribution is -0.140. The van der Waals surface area contributed by atoms with Crippen LogP contribution < -0.4 is 28.4 Å². The quantitative estimate of drug-likeness (QED) is 0.414. The van der Waals surface area contributed by atoms with Gasteiger partial charge in [-0.15, -0.1) is 0 Å². The molecule has 0 saturated carbocycles. The van der Waals surface area contributed by atoms with Crippen molar-refractivity contribution in [2.45, 2.75) is 31.3 Å². The number of methoxy groups -OCH3 is 6. The zero-order valence-corrected chi connectivity index (χ0v) is 24.5. The van der Waals surface area contributed by atoms with Crippen LogP contribution in [0.25, 0.3) is 0 Å². The van der Waals surface area contributed by atoms with Crippen LogP contribution in [0.3, 0.4) is 0 Å². The number of carbonyl (C=O) groups is 3. The van der Waals surface area contributed by atoms with E-state index in [1.807, 2.05) is 0 Å². The Hall–Kier alpha value is -4.12. The van der Waals surface area contributed by atoms with E-state index < -0.39 is 40.7 Å². The van der Waals surface area contributed by atoms with Crippen LogP contribution in [-0.2, 0) is 14.3 Å². The van der Waals surface area contributed by atoms with Crippen LogP contribution in [0, 0.1) is 5.92 Å². The Morgan fingerprint density at radius 3 is 2.07 bits per heavy atom. The Morgan fingerprint density at radius 1 is 0.976 bits per heavy atom. The van der Waals surface area contributed by atoms with Gasteiger partial charge in [-0.25, -0.2) is 0 Å². The van der Waals surface area contributed by atoms with Gasteiger partial charge in [-0.3, -0.25) is 14.4 Å². The minimum absolute atomic E-state index is 0.00250. The summed E-state index contributed by atoms with van der Waals surface area (Å²) in [6, 6.07) is 4.56. The molecule has 1 heterocycles. The van der Waals surface area contributed by atoms with Crippen LogP contribution in [-0.4, -0.2) is 70.9 Å². The molecule has 2 aromatic rings. The number of aliphatic hydroxyl groups excluding tert-OH is 1. The van der Waals surface area contributed by atoms with E-state index in [1.54, 1.807) is 19.1 Å². The first kappa shape index (κ1) is 29.9. The van der Waals surface area contributed by atoms with Gasteiger partial charge in [0.2, 0.25) is 17.1 Å². The van der Waals surface area contributed by atoms with Gasteiger partial charge in [0.15, 0.2) is 28.8 Å². The van der Waals surface area contributed by atoms with Gasteiger partial charge in [-0.1, -0.05) is 18.5 Å². The van der Waals surface area contributed by atoms with E-state index in [-0.39, 0.29) is 63.5 Å². The molecule has 12 heteroatoms. The van der Waals surface area contributed by atoms with E-state index in [0.717, 1.165) is 0 Å². The van der Waals surface area contributed by atoms with Gasteiger partial charge in [0, 0.05) is 29.9 Å². The highest BCUT2D eigenvalue weighted by molar-refractivity contribution is 6.35. The third-order valence-electron chi connectivity index (χ3n) is 7.55. The van der Waals surface area contributed by atoms with Crippen molar-refractivity contribution in [2.24, 2.45) is 5.92 Å². The molecule has 0 aromatic heterocycles. The van der Waals surface area contributed by atoms with Crippen molar-refractivity contribution >= 4 is 29.1 Å². The van der Waals surface area contributed by atoms with Gasteiger partial charge in [0.25, 0.3) is 0 Å². The van der Waals surface area contributed by atoms with Gasteiger partial charge < -0.3 is 38.3 Å². The van der Waals surface area contributed by atoms with Crippen molar-refractivity contribution in [3.63, 3.8) is 0 Å². The molecule has 1 spiro atoms. The maximum Gasteiger partial charge on any atom is 0.306 e. The van der Waals surface area contributed by atoms with E-state index in [2.05, 4.69) is 0 Å². The zero-order valence-electron chi connectivity index (χ0n) is 23.7. The molecule has 1 aliphatic carbocycles. The summed E-state index contributed by atoms with van der Waals surface area (Å²) in [5, 5.41) is 11.9. The van der Waals surface area contributed by atoms with Crippen molar-refractivity contribution < 1.29 is 52.6 Å². The van der Waals surface area contributed by atoms with Gasteiger partial charge >= 0.3 is 5.97 Å². The fraction of sp³-hybridized carbons (Fsp3) is 0.414. The maximum atomic E-state index is 14.1. The molecule has 0 amide bonds. The van der Waals surface area contributed by atoms with Crippen LogP contribution in [0.5, 0.6) is 34.5 Å². The number of esters is 1. The fourth-order valence-corrected chi connectivity index (χ4v) is 5.74. The number of carbonyl (C=O) groups excluding carboxylic acids is 3. The Kier molecular flexibility index (Phi) is 8.30. The molecule has 0 saturated heterocycles. The molecule has 3 atom stereocenters. The number of halogens is 1. The molecule has 4 rings (SSSR count). The van der Waals surface area contributed by atoms with Gasteiger partial charge in [-0.05, 0) is 17.7 Å². The average molecular weight is 591 g/mol. The molecule has 11 nitrogen and oxygen atoms in total. The van der Waals surface area contributed by atoms with E-state index in [0.29, 0.717) is 5.56 Å². The largest absolute Gasteiger partial charge is 0.507 e. The summed E-state index contributed by atoms with van der Waals surface area (Å²) in [7, 11) is 8.24. The molecular weight excluding hydrogens is 560 g/mol. The van der Waals surface area contributed by atoms with Crippen LogP contribution in [0.1, 0.15) is 41.6 Å². The second-order valence-electron chi connectivity index (χ2n) is 9.55. The molecule has 2 aliphatic rings. The van der Waals surface area contributed by atoms with Crippen molar-refractivity contribution in [2.75, 3.05) is 42.7 Å². The number of aliphatic hydroxyl groups is 1. The Morgan fingerprint density at radius 2 is 1.56 bits per heavy atom. The van der Waals surface area contributed by atoms with Gasteiger partial charge in [0.1, 0.15) is 22.1 Å². The zero-order chi connectivity index (χ0) is 30.2. The number of ketones is 2. The summed E-state index contributed by atoms with van der Waals surface area (Å²) < 4.78 is 38.2. The molecule has 2 aromatic carbocycles. The highest BCUT2D eigenvalue weighted by Crippen LogP contribution is 2.56. The lowest BCUT2D eigenvalue weighted by Gasteiger charge is -2.38. The Bertz CT molecular complexity index is 1420. The summed E-state index contributed by atoms with van der Waals surface area (Å²) in [6.45, 7) is 1.61. The number of Topliss-reactive ketones (excluding diaryl/α,β-unsaturated/α-hetero) is 2. The molecule has 0 unspecified atom stereocenters. The van der Waals surface area contributed by atoms with Crippen LogP contribution in [0.2, 0.25) is 5.02 Å². The topological polar surface area (TPSA) is 136 Å². The Labute approximate surface area is 241 Å². The smallest absolute Gasteiger partial charge is 0.306 e. The van der Waals surface area contributed by atoms with E-state index in [4.69, 9.17) is 44.8 Å². The van der Waals surface area contributed by atoms with Gasteiger partial charge in [0.05, 0.1) is 49.1 Å². The second kappa shape index (κ2) is 11.4. The number of hydrogen-bond acceptors (Lipinski definition) is 11. The number of allylic oxidation sites excluding steroid dienone is 1. The fourth-order valence-electron chi connectivity index (χ4n) is 5.48. The minimum atomic E-state index is -2.02. The van der Waals surface area contributed by atoms with Crippen LogP contribution >= 0.6 is 11.6 Å². The molecule has 41 heavy (non-hydrogen) atoms. The molecule has 0 fully saturated rings. The van der Waals surface area contributed by atoms with Crippen molar-refractivity contribution in [3.05, 3.63) is 45.7 Å². The lowest BCUT2D eigenvalue weighted by Crippen LogP contribution is -2.53. The van der Waals surface area contributed by atoms with Crippen molar-refractivity contribution in [1.82, 2.24) is 0 Å². The van der Waals surface area contributed by atoms with E-state index in [1.165, 1.54) is 48.7 Å². The predicted octanol–water partition coefficient (Wildman–Crippen LogP) is 4.46. The minimum Gasteiger partial charge on any atom is -0.507 e. The number of benzene rings is 2. The first-order valence-electron chi connectivity index (χ1n) is 12.6. The summed E-state index contributed by atoms with van der Waals surface area (Å²) in [6.07, 6.45) is -0.540. The van der Waals surface area contributed by atoms with Gasteiger partial charge in [-0.2, -0.15) is 0 Å². The summed E-state index contributed by atoms with van der Waals surface area (Å²) in [5.41, 5.74) is -1.84. The van der Waals surface area contributed by atoms with Crippen molar-refractivity contribution in [3.8, 4) is 34.5 Å². The molecular formula is C29H31ClO11. The van der Waals surface area contributed by atoms with Crippen molar-refractivity contribution in [1.29, 1.82) is 0 Å². The maximum absolute atomic E-state index is 14.1. The molecule has 1 N–H and O–H groups in total. The van der Waals surface area contributed by atoms with Crippen LogP contribution in [0.15, 0.2) is 29.5 Å². The van der Waals surface area contributed by atoms with E-state index in [9.17, 15) is 19.5 Å². The molecule has 0 bridgehead atoms.